The van der Waals surface area contributed by atoms with Crippen molar-refractivity contribution < 1.29 is 27.6 Å². The van der Waals surface area contributed by atoms with E-state index in [1.807, 2.05) is 0 Å². The van der Waals surface area contributed by atoms with Gasteiger partial charge in [0, 0.05) is 17.8 Å². The van der Waals surface area contributed by atoms with Crippen molar-refractivity contribution in [1.82, 2.24) is 10.6 Å². The molecular weight excluding hydrogens is 363 g/mol. The van der Waals surface area contributed by atoms with Crippen LogP contribution in [0.1, 0.15) is 15.9 Å². The first-order chi connectivity index (χ1) is 12.8. The number of carbonyl (C=O) groups is 3. The maximum absolute atomic E-state index is 12.3. The molecule has 6 nitrogen and oxygen atoms in total. The fraction of sp³-hybridized carbons (Fsp3) is 0.167. The smallest absolute Gasteiger partial charge is 0.350 e. The van der Waals surface area contributed by atoms with Crippen molar-refractivity contribution >= 4 is 23.4 Å². The van der Waals surface area contributed by atoms with E-state index in [0.29, 0.717) is 11.1 Å². The van der Waals surface area contributed by atoms with E-state index >= 15 is 0 Å². The molecule has 0 aliphatic heterocycles. The van der Waals surface area contributed by atoms with Crippen LogP contribution in [-0.2, 0) is 16.1 Å². The van der Waals surface area contributed by atoms with Gasteiger partial charge in [0.15, 0.2) is 0 Å². The average molecular weight is 379 g/mol. The number of nitrogens with one attached hydrogen (secondary N) is 3. The molecule has 0 spiro atoms. The Morgan fingerprint density at radius 3 is 2.26 bits per heavy atom. The average Bonchev–Trinajstić information content (AvgIpc) is 2.64. The van der Waals surface area contributed by atoms with Gasteiger partial charge >= 0.3 is 12.1 Å². The predicted molar refractivity (Wildman–Crippen MR) is 91.7 cm³/mol. The van der Waals surface area contributed by atoms with Gasteiger partial charge in [-0.1, -0.05) is 30.3 Å². The molecule has 0 atom stereocenters. The standard InChI is InChI=1S/C18H16F3N3O3/c19-18(20,21)17(27)24-14-8-4-5-12(9-14)10-22-15(25)11-23-16(26)13-6-2-1-3-7-13/h1-9H,10-11H2,(H,22,25)(H,23,26)(H,24,27). The number of amides is 3. The predicted octanol–water partition coefficient (Wildman–Crippen LogP) is 2.23. The first-order valence-electron chi connectivity index (χ1n) is 7.83. The summed E-state index contributed by atoms with van der Waals surface area (Å²) >= 11 is 0. The fourth-order valence-electron chi connectivity index (χ4n) is 2.08. The highest BCUT2D eigenvalue weighted by atomic mass is 19.4. The van der Waals surface area contributed by atoms with Gasteiger partial charge in [-0.25, -0.2) is 0 Å². The van der Waals surface area contributed by atoms with E-state index in [2.05, 4.69) is 10.6 Å². The lowest BCUT2D eigenvalue weighted by atomic mass is 10.2. The Hall–Kier alpha value is -3.36. The molecule has 0 heterocycles. The molecule has 0 bridgehead atoms. The summed E-state index contributed by atoms with van der Waals surface area (Å²) < 4.78 is 36.8. The summed E-state index contributed by atoms with van der Waals surface area (Å²) in [6.45, 7) is -0.228. The first kappa shape index (κ1) is 20.0. The molecule has 2 rings (SSSR count). The Labute approximate surface area is 152 Å². The van der Waals surface area contributed by atoms with E-state index in [1.165, 1.54) is 18.2 Å². The lowest BCUT2D eigenvalue weighted by molar-refractivity contribution is -0.167. The van der Waals surface area contributed by atoms with Crippen LogP contribution in [0.25, 0.3) is 0 Å². The Morgan fingerprint density at radius 1 is 0.889 bits per heavy atom. The molecule has 0 aliphatic rings. The van der Waals surface area contributed by atoms with Gasteiger partial charge in [-0.15, -0.1) is 0 Å². The van der Waals surface area contributed by atoms with E-state index in [0.717, 1.165) is 0 Å². The molecule has 0 saturated heterocycles. The molecule has 0 fully saturated rings. The van der Waals surface area contributed by atoms with Crippen molar-refractivity contribution in [2.45, 2.75) is 12.7 Å². The molecule has 2 aromatic carbocycles. The molecule has 0 aliphatic carbocycles. The van der Waals surface area contributed by atoms with Crippen LogP contribution in [0.4, 0.5) is 18.9 Å². The quantitative estimate of drug-likeness (QED) is 0.719. The summed E-state index contributed by atoms with van der Waals surface area (Å²) in [7, 11) is 0. The highest BCUT2D eigenvalue weighted by Crippen LogP contribution is 2.18. The zero-order chi connectivity index (χ0) is 19.9. The molecule has 0 saturated carbocycles. The summed E-state index contributed by atoms with van der Waals surface area (Å²) in [5, 5.41) is 6.72. The molecule has 27 heavy (non-hydrogen) atoms. The first-order valence-corrected chi connectivity index (χ1v) is 7.83. The Bertz CT molecular complexity index is 823. The number of halogens is 3. The maximum Gasteiger partial charge on any atom is 0.471 e. The zero-order valence-electron chi connectivity index (χ0n) is 14.0. The Morgan fingerprint density at radius 2 is 1.59 bits per heavy atom. The molecule has 3 amide bonds. The largest absolute Gasteiger partial charge is 0.471 e. The highest BCUT2D eigenvalue weighted by molar-refractivity contribution is 5.96. The molecule has 9 heteroatoms. The zero-order valence-corrected chi connectivity index (χ0v) is 14.0. The van der Waals surface area contributed by atoms with E-state index < -0.39 is 23.9 Å². The minimum absolute atomic E-state index is 0.0236. The lowest BCUT2D eigenvalue weighted by Gasteiger charge is -2.10. The minimum Gasteiger partial charge on any atom is -0.350 e. The number of rotatable bonds is 6. The number of hydrogen-bond donors (Lipinski definition) is 3. The minimum atomic E-state index is -4.98. The van der Waals surface area contributed by atoms with Crippen LogP contribution in [0.15, 0.2) is 54.6 Å². The van der Waals surface area contributed by atoms with Crippen molar-refractivity contribution in [3.05, 3.63) is 65.7 Å². The van der Waals surface area contributed by atoms with Crippen LogP contribution >= 0.6 is 0 Å². The summed E-state index contributed by atoms with van der Waals surface area (Å²) in [5.74, 6) is -2.95. The van der Waals surface area contributed by atoms with Gasteiger partial charge in [-0.2, -0.15) is 13.2 Å². The number of hydrogen-bond acceptors (Lipinski definition) is 3. The molecule has 2 aromatic rings. The summed E-state index contributed by atoms with van der Waals surface area (Å²) in [5.41, 5.74) is 0.859. The van der Waals surface area contributed by atoms with Crippen LogP contribution in [0.2, 0.25) is 0 Å². The van der Waals surface area contributed by atoms with Gasteiger partial charge in [0.05, 0.1) is 6.54 Å². The van der Waals surface area contributed by atoms with Crippen LogP contribution < -0.4 is 16.0 Å². The molecule has 0 unspecified atom stereocenters. The second-order valence-corrected chi connectivity index (χ2v) is 5.48. The van der Waals surface area contributed by atoms with E-state index in [-0.39, 0.29) is 18.8 Å². The number of benzene rings is 2. The molecule has 3 N–H and O–H groups in total. The van der Waals surface area contributed by atoms with E-state index in [9.17, 15) is 27.6 Å². The van der Waals surface area contributed by atoms with Crippen molar-refractivity contribution in [2.75, 3.05) is 11.9 Å². The van der Waals surface area contributed by atoms with Gasteiger partial charge in [0.1, 0.15) is 0 Å². The molecular formula is C18H16F3N3O3. The second kappa shape index (κ2) is 8.84. The van der Waals surface area contributed by atoms with Gasteiger partial charge in [-0.05, 0) is 29.8 Å². The summed E-state index contributed by atoms with van der Waals surface area (Å²) in [6, 6.07) is 14.0. The number of alkyl halides is 3. The Balaban J connectivity index is 1.82. The monoisotopic (exact) mass is 379 g/mol. The number of carbonyl (C=O) groups excluding carboxylic acids is 3. The van der Waals surface area contributed by atoms with Gasteiger partial charge < -0.3 is 16.0 Å². The van der Waals surface area contributed by atoms with Crippen molar-refractivity contribution in [1.29, 1.82) is 0 Å². The third kappa shape index (κ3) is 6.46. The van der Waals surface area contributed by atoms with Crippen LogP contribution in [0.5, 0.6) is 0 Å². The third-order valence-electron chi connectivity index (χ3n) is 3.38. The SMILES string of the molecule is O=C(CNC(=O)c1ccccc1)NCc1cccc(NC(=O)C(F)(F)F)c1. The molecule has 0 aromatic heterocycles. The number of anilines is 1. The second-order valence-electron chi connectivity index (χ2n) is 5.48. The fourth-order valence-corrected chi connectivity index (χ4v) is 2.08. The lowest BCUT2D eigenvalue weighted by Crippen LogP contribution is -2.36. The topological polar surface area (TPSA) is 87.3 Å². The normalized spacial score (nSPS) is 10.8. The van der Waals surface area contributed by atoms with Crippen LogP contribution in [-0.4, -0.2) is 30.4 Å². The van der Waals surface area contributed by atoms with E-state index in [4.69, 9.17) is 0 Å². The maximum atomic E-state index is 12.3. The highest BCUT2D eigenvalue weighted by Gasteiger charge is 2.38. The van der Waals surface area contributed by atoms with Gasteiger partial charge in [0.2, 0.25) is 5.91 Å². The Kier molecular flexibility index (Phi) is 6.53. The van der Waals surface area contributed by atoms with Gasteiger partial charge in [0.25, 0.3) is 5.91 Å². The van der Waals surface area contributed by atoms with Crippen molar-refractivity contribution in [3.63, 3.8) is 0 Å². The van der Waals surface area contributed by atoms with E-state index in [1.54, 1.807) is 41.7 Å². The molecule has 0 radical (unpaired) electrons. The molecule has 142 valence electrons. The summed E-state index contributed by atoms with van der Waals surface area (Å²) in [4.78, 5) is 34.6. The van der Waals surface area contributed by atoms with Crippen LogP contribution in [0, 0.1) is 0 Å². The van der Waals surface area contributed by atoms with Crippen molar-refractivity contribution in [3.8, 4) is 0 Å². The van der Waals surface area contributed by atoms with Crippen molar-refractivity contribution in [2.24, 2.45) is 0 Å². The van der Waals surface area contributed by atoms with Gasteiger partial charge in [-0.3, -0.25) is 14.4 Å². The van der Waals surface area contributed by atoms with Crippen LogP contribution in [0.3, 0.4) is 0 Å². The third-order valence-corrected chi connectivity index (χ3v) is 3.38. The summed E-state index contributed by atoms with van der Waals surface area (Å²) in [6.07, 6.45) is -4.98.